The second-order valence-electron chi connectivity index (χ2n) is 6.34. The smallest absolute Gasteiger partial charge is 0.254 e. The van der Waals surface area contributed by atoms with Crippen LogP contribution in [0.2, 0.25) is 0 Å². The number of amides is 1. The fourth-order valence-electron chi connectivity index (χ4n) is 3.11. The highest BCUT2D eigenvalue weighted by Crippen LogP contribution is 2.22. The highest BCUT2D eigenvalue weighted by Gasteiger charge is 2.19. The highest BCUT2D eigenvalue weighted by molar-refractivity contribution is 6.06. The van der Waals surface area contributed by atoms with E-state index in [0.29, 0.717) is 28.6 Å². The summed E-state index contributed by atoms with van der Waals surface area (Å²) in [7, 11) is 0. The predicted octanol–water partition coefficient (Wildman–Crippen LogP) is 3.84. The molecule has 6 nitrogen and oxygen atoms in total. The Morgan fingerprint density at radius 1 is 1.14 bits per heavy atom. The van der Waals surface area contributed by atoms with Crippen molar-refractivity contribution < 1.29 is 9.18 Å². The van der Waals surface area contributed by atoms with Gasteiger partial charge in [0, 0.05) is 17.8 Å². The second kappa shape index (κ2) is 7.56. The van der Waals surface area contributed by atoms with Gasteiger partial charge in [-0.05, 0) is 42.8 Å². The normalized spacial score (nSPS) is 12.1. The quantitative estimate of drug-likeness (QED) is 0.575. The summed E-state index contributed by atoms with van der Waals surface area (Å²) in [5.41, 5.74) is 2.60. The van der Waals surface area contributed by atoms with Crippen LogP contribution in [0.4, 0.5) is 4.39 Å². The molecule has 1 aromatic carbocycles. The first kappa shape index (κ1) is 17.8. The molecule has 0 radical (unpaired) electrons. The maximum Gasteiger partial charge on any atom is 0.254 e. The van der Waals surface area contributed by atoms with E-state index in [1.165, 1.54) is 18.3 Å². The molecule has 4 aromatic rings. The van der Waals surface area contributed by atoms with Crippen molar-refractivity contribution in [2.24, 2.45) is 0 Å². The van der Waals surface area contributed by atoms with Gasteiger partial charge >= 0.3 is 0 Å². The molecule has 3 heterocycles. The third-order valence-electron chi connectivity index (χ3n) is 4.57. The van der Waals surface area contributed by atoms with Gasteiger partial charge in [0.05, 0.1) is 40.9 Å². The lowest BCUT2D eigenvalue weighted by molar-refractivity contribution is 0.0936. The lowest BCUT2D eigenvalue weighted by atomic mass is 10.1. The fourth-order valence-corrected chi connectivity index (χ4v) is 3.11. The molecular weight excluding hydrogens is 357 g/mol. The van der Waals surface area contributed by atoms with E-state index in [4.69, 9.17) is 0 Å². The molecule has 0 unspecified atom stereocenters. The number of nitrogens with one attached hydrogen (secondary N) is 1. The Kier molecular flexibility index (Phi) is 4.80. The van der Waals surface area contributed by atoms with Gasteiger partial charge in [-0.2, -0.15) is 5.10 Å². The molecule has 0 saturated carbocycles. The van der Waals surface area contributed by atoms with Crippen molar-refractivity contribution in [3.05, 3.63) is 84.3 Å². The van der Waals surface area contributed by atoms with Crippen molar-refractivity contribution in [1.82, 2.24) is 25.1 Å². The van der Waals surface area contributed by atoms with Crippen LogP contribution in [-0.4, -0.2) is 25.7 Å². The average molecular weight is 375 g/mol. The summed E-state index contributed by atoms with van der Waals surface area (Å²) in [5, 5.41) is 8.05. The van der Waals surface area contributed by atoms with Crippen LogP contribution >= 0.6 is 0 Å². The molecule has 1 atom stereocenters. The molecule has 0 bridgehead atoms. The van der Waals surface area contributed by atoms with E-state index < -0.39 is 0 Å². The van der Waals surface area contributed by atoms with Gasteiger partial charge in [0.1, 0.15) is 5.82 Å². The topological polar surface area (TPSA) is 72.7 Å². The number of nitrogens with zero attached hydrogens (tertiary/aromatic N) is 4. The van der Waals surface area contributed by atoms with Crippen molar-refractivity contribution >= 4 is 16.8 Å². The van der Waals surface area contributed by atoms with Gasteiger partial charge in [-0.1, -0.05) is 13.0 Å². The van der Waals surface area contributed by atoms with Crippen LogP contribution in [0.15, 0.2) is 67.3 Å². The van der Waals surface area contributed by atoms with Crippen molar-refractivity contribution in [1.29, 1.82) is 0 Å². The molecule has 3 aromatic heterocycles. The van der Waals surface area contributed by atoms with Crippen LogP contribution in [-0.2, 0) is 0 Å². The Labute approximate surface area is 161 Å². The summed E-state index contributed by atoms with van der Waals surface area (Å²) < 4.78 is 14.8. The van der Waals surface area contributed by atoms with E-state index in [-0.39, 0.29) is 17.8 Å². The van der Waals surface area contributed by atoms with Gasteiger partial charge in [-0.25, -0.2) is 9.07 Å². The van der Waals surface area contributed by atoms with Crippen LogP contribution in [0.3, 0.4) is 0 Å². The van der Waals surface area contributed by atoms with Crippen LogP contribution in [0.25, 0.3) is 16.6 Å². The third kappa shape index (κ3) is 3.34. The molecule has 7 heteroatoms. The number of pyridine rings is 2. The summed E-state index contributed by atoms with van der Waals surface area (Å²) >= 11 is 0. The summed E-state index contributed by atoms with van der Waals surface area (Å²) in [6, 6.07) is 11.4. The van der Waals surface area contributed by atoms with Crippen molar-refractivity contribution in [3.8, 4) is 5.69 Å². The largest absolute Gasteiger partial charge is 0.344 e. The zero-order chi connectivity index (χ0) is 19.5. The number of benzene rings is 1. The summed E-state index contributed by atoms with van der Waals surface area (Å²) in [5.74, 6) is -0.562. The second-order valence-corrected chi connectivity index (χ2v) is 6.34. The number of hydrogen-bond acceptors (Lipinski definition) is 4. The van der Waals surface area contributed by atoms with Gasteiger partial charge in [0.2, 0.25) is 0 Å². The van der Waals surface area contributed by atoms with E-state index in [1.54, 1.807) is 35.4 Å². The Balaban J connectivity index is 1.67. The molecule has 0 saturated heterocycles. The first-order valence-electron chi connectivity index (χ1n) is 8.97. The van der Waals surface area contributed by atoms with Crippen LogP contribution < -0.4 is 5.32 Å². The number of fused-ring (bicyclic) bond motifs is 1. The molecule has 0 fully saturated rings. The summed E-state index contributed by atoms with van der Waals surface area (Å²) in [6.07, 6.45) is 7.20. The monoisotopic (exact) mass is 375 g/mol. The molecule has 1 amide bonds. The highest BCUT2D eigenvalue weighted by atomic mass is 19.1. The average Bonchev–Trinajstić information content (AvgIpc) is 3.17. The molecular formula is C21H18FN5O. The minimum atomic E-state index is -0.321. The zero-order valence-corrected chi connectivity index (χ0v) is 15.2. The van der Waals surface area contributed by atoms with E-state index in [1.807, 2.05) is 25.1 Å². The number of carbonyl (C=O) groups is 1. The van der Waals surface area contributed by atoms with Gasteiger partial charge in [0.15, 0.2) is 0 Å². The van der Waals surface area contributed by atoms with Crippen LogP contribution in [0, 0.1) is 5.82 Å². The number of rotatable bonds is 5. The van der Waals surface area contributed by atoms with Crippen molar-refractivity contribution in [3.63, 3.8) is 0 Å². The Morgan fingerprint density at radius 2 is 1.96 bits per heavy atom. The van der Waals surface area contributed by atoms with Crippen molar-refractivity contribution in [2.75, 3.05) is 0 Å². The van der Waals surface area contributed by atoms with Crippen molar-refractivity contribution in [2.45, 2.75) is 19.4 Å². The fraction of sp³-hybridized carbons (Fsp3) is 0.143. The standard InChI is InChI=1S/C21H18FN5O/c1-2-18(19-5-3-4-10-24-19)26-21(28)17-11-23-13-20-16(17)12-25-27(20)15-8-6-14(22)7-9-15/h3-13,18H,2H2,1H3,(H,26,28)/t18-/m0/s1. The molecule has 0 aliphatic heterocycles. The Hall–Kier alpha value is -3.61. The maximum absolute atomic E-state index is 13.2. The molecule has 0 aliphatic carbocycles. The summed E-state index contributed by atoms with van der Waals surface area (Å²) in [6.45, 7) is 1.99. The zero-order valence-electron chi connectivity index (χ0n) is 15.2. The number of hydrogen-bond donors (Lipinski definition) is 1. The van der Waals surface area contributed by atoms with E-state index in [2.05, 4.69) is 20.4 Å². The number of carbonyl (C=O) groups excluding carboxylic acids is 1. The van der Waals surface area contributed by atoms with Gasteiger partial charge in [-0.15, -0.1) is 0 Å². The Bertz CT molecular complexity index is 1110. The molecule has 4 rings (SSSR count). The Morgan fingerprint density at radius 3 is 2.68 bits per heavy atom. The molecule has 140 valence electrons. The molecule has 0 aliphatic rings. The SMILES string of the molecule is CC[C@H](NC(=O)c1cncc2c1cnn2-c1ccc(F)cc1)c1ccccn1. The van der Waals surface area contributed by atoms with Crippen LogP contribution in [0.5, 0.6) is 0 Å². The minimum absolute atomic E-state index is 0.198. The molecule has 1 N–H and O–H groups in total. The van der Waals surface area contributed by atoms with Gasteiger partial charge < -0.3 is 5.32 Å². The van der Waals surface area contributed by atoms with E-state index in [0.717, 1.165) is 5.69 Å². The molecule has 0 spiro atoms. The lowest BCUT2D eigenvalue weighted by Gasteiger charge is -2.16. The number of halogens is 1. The van der Waals surface area contributed by atoms with Gasteiger partial charge in [-0.3, -0.25) is 14.8 Å². The lowest BCUT2D eigenvalue weighted by Crippen LogP contribution is -2.29. The first-order chi connectivity index (χ1) is 13.7. The van der Waals surface area contributed by atoms with E-state index in [9.17, 15) is 9.18 Å². The minimum Gasteiger partial charge on any atom is -0.344 e. The van der Waals surface area contributed by atoms with E-state index >= 15 is 0 Å². The van der Waals surface area contributed by atoms with Crippen LogP contribution in [0.1, 0.15) is 35.4 Å². The first-order valence-corrected chi connectivity index (χ1v) is 8.97. The predicted molar refractivity (Wildman–Crippen MR) is 104 cm³/mol. The molecule has 28 heavy (non-hydrogen) atoms. The summed E-state index contributed by atoms with van der Waals surface area (Å²) in [4.78, 5) is 21.5. The maximum atomic E-state index is 13.2. The number of aromatic nitrogens is 4. The third-order valence-corrected chi connectivity index (χ3v) is 4.57. The van der Waals surface area contributed by atoms with Gasteiger partial charge in [0.25, 0.3) is 5.91 Å².